The van der Waals surface area contributed by atoms with Crippen molar-refractivity contribution >= 4 is 21.9 Å². The van der Waals surface area contributed by atoms with E-state index in [4.69, 9.17) is 0 Å². The lowest BCUT2D eigenvalue weighted by molar-refractivity contribution is -0.244. The van der Waals surface area contributed by atoms with Crippen molar-refractivity contribution in [3.8, 4) is 0 Å². The molecular weight excluding hydrogens is 363 g/mol. The number of rotatable bonds is 1. The van der Waals surface area contributed by atoms with Crippen molar-refractivity contribution in [2.24, 2.45) is 5.41 Å². The summed E-state index contributed by atoms with van der Waals surface area (Å²) in [5.74, 6) is -2.14. The van der Waals surface area contributed by atoms with Gasteiger partial charge in [-0.05, 0) is 54.4 Å². The number of hydrogen-bond donors (Lipinski definition) is 0. The zero-order valence-corrected chi connectivity index (χ0v) is 13.3. The monoisotopic (exact) mass is 377 g/mol. The van der Waals surface area contributed by atoms with Gasteiger partial charge in [-0.1, -0.05) is 22.0 Å². The van der Waals surface area contributed by atoms with Crippen LogP contribution in [0.4, 0.5) is 13.2 Å². The number of piperidine rings is 1. The smallest absolute Gasteiger partial charge is 0.361 e. The highest BCUT2D eigenvalue weighted by Crippen LogP contribution is 2.45. The van der Waals surface area contributed by atoms with Gasteiger partial charge in [0.25, 0.3) is 0 Å². The summed E-state index contributed by atoms with van der Waals surface area (Å²) in [5.41, 5.74) is 2.70. The maximum atomic E-state index is 12.2. The number of carbonyl (C=O) groups excluding carboxylic acids is 1. The largest absolute Gasteiger partial charge is 0.492 e. The summed E-state index contributed by atoms with van der Waals surface area (Å²) < 4.78 is 37.7. The van der Waals surface area contributed by atoms with E-state index in [1.54, 1.807) is 0 Å². The van der Waals surface area contributed by atoms with E-state index in [1.165, 1.54) is 11.1 Å². The lowest BCUT2D eigenvalue weighted by Gasteiger charge is -2.38. The summed E-state index contributed by atoms with van der Waals surface area (Å²) in [7, 11) is 0. The van der Waals surface area contributed by atoms with E-state index in [1.807, 2.05) is 6.07 Å². The fourth-order valence-electron chi connectivity index (χ4n) is 3.38. The number of nitrogens with zero attached hydrogens (tertiary/aromatic N) is 1. The first-order valence-corrected chi connectivity index (χ1v) is 7.88. The molecule has 1 aliphatic carbocycles. The van der Waals surface area contributed by atoms with Crippen LogP contribution in [0.25, 0.3) is 0 Å². The third-order valence-corrected chi connectivity index (χ3v) is 5.02. The molecule has 0 saturated carbocycles. The second-order valence-corrected chi connectivity index (χ2v) is 6.99. The van der Waals surface area contributed by atoms with Crippen molar-refractivity contribution in [2.45, 2.75) is 31.9 Å². The van der Waals surface area contributed by atoms with Gasteiger partial charge in [-0.15, -0.1) is 5.06 Å². The molecule has 0 unspecified atom stereocenters. The molecule has 1 aromatic carbocycles. The Kier molecular flexibility index (Phi) is 3.97. The molecule has 0 N–H and O–H groups in total. The summed E-state index contributed by atoms with van der Waals surface area (Å²) in [6, 6.07) is 6.22. The molecule has 7 heteroatoms. The molecule has 3 rings (SSSR count). The second-order valence-electron chi connectivity index (χ2n) is 6.07. The van der Waals surface area contributed by atoms with Crippen molar-refractivity contribution in [2.75, 3.05) is 13.1 Å². The molecule has 0 radical (unpaired) electrons. The number of hydrogen-bond acceptors (Lipinski definition) is 3. The zero-order chi connectivity index (χ0) is 16.0. The number of benzene rings is 1. The minimum atomic E-state index is -4.94. The molecule has 1 spiro atoms. The number of halogens is 4. The van der Waals surface area contributed by atoms with Crippen molar-refractivity contribution in [1.29, 1.82) is 0 Å². The standard InChI is InChI=1S/C15H15BrF3NO2/c16-12-2-1-10-8-14(9-11(10)7-12)3-5-20(6-4-14)22-13(21)15(17,18)19/h1-2,7H,3-6,8-9H2. The second kappa shape index (κ2) is 5.53. The molecule has 22 heavy (non-hydrogen) atoms. The van der Waals surface area contributed by atoms with Gasteiger partial charge >= 0.3 is 12.1 Å². The van der Waals surface area contributed by atoms with Gasteiger partial charge in [0.2, 0.25) is 0 Å². The average molecular weight is 378 g/mol. The maximum Gasteiger partial charge on any atom is 0.492 e. The minimum Gasteiger partial charge on any atom is -0.361 e. The van der Waals surface area contributed by atoms with E-state index in [-0.39, 0.29) is 5.41 Å². The van der Waals surface area contributed by atoms with Crippen LogP contribution in [0.5, 0.6) is 0 Å². The molecule has 0 amide bonds. The fraction of sp³-hybridized carbons (Fsp3) is 0.533. The van der Waals surface area contributed by atoms with E-state index >= 15 is 0 Å². The van der Waals surface area contributed by atoms with Gasteiger partial charge in [0.1, 0.15) is 0 Å². The van der Waals surface area contributed by atoms with Crippen LogP contribution in [0.2, 0.25) is 0 Å². The summed E-state index contributed by atoms with van der Waals surface area (Å²) in [6.45, 7) is 0.688. The molecule has 1 fully saturated rings. The van der Waals surface area contributed by atoms with Crippen LogP contribution in [-0.2, 0) is 22.5 Å². The summed E-state index contributed by atoms with van der Waals surface area (Å²) in [4.78, 5) is 15.3. The molecule has 0 bridgehead atoms. The number of fused-ring (bicyclic) bond motifs is 1. The Balaban J connectivity index is 1.60. The van der Waals surface area contributed by atoms with Crippen LogP contribution in [0.3, 0.4) is 0 Å². The number of carbonyl (C=O) groups is 1. The van der Waals surface area contributed by atoms with Crippen molar-refractivity contribution in [3.05, 3.63) is 33.8 Å². The summed E-state index contributed by atoms with van der Waals surface area (Å²) in [6.07, 6.45) is -1.61. The third kappa shape index (κ3) is 3.15. The zero-order valence-electron chi connectivity index (χ0n) is 11.8. The lowest BCUT2D eigenvalue weighted by Crippen LogP contribution is -2.43. The number of alkyl halides is 3. The molecule has 1 heterocycles. The Bertz CT molecular complexity index is 595. The minimum absolute atomic E-state index is 0.0876. The summed E-state index contributed by atoms with van der Waals surface area (Å²) >= 11 is 3.46. The van der Waals surface area contributed by atoms with Crippen LogP contribution >= 0.6 is 15.9 Å². The Hall–Kier alpha value is -1.08. The average Bonchev–Trinajstić information content (AvgIpc) is 2.77. The van der Waals surface area contributed by atoms with Crippen molar-refractivity contribution in [1.82, 2.24) is 5.06 Å². The molecule has 3 nitrogen and oxygen atoms in total. The topological polar surface area (TPSA) is 29.5 Å². The first-order valence-electron chi connectivity index (χ1n) is 7.09. The van der Waals surface area contributed by atoms with Gasteiger partial charge < -0.3 is 4.84 Å². The van der Waals surface area contributed by atoms with Gasteiger partial charge in [0.15, 0.2) is 0 Å². The summed E-state index contributed by atoms with van der Waals surface area (Å²) in [5, 5.41) is 1.14. The Morgan fingerprint density at radius 3 is 2.45 bits per heavy atom. The molecule has 1 aromatic rings. The number of hydroxylamine groups is 2. The fourth-order valence-corrected chi connectivity index (χ4v) is 3.78. The first-order chi connectivity index (χ1) is 10.3. The Morgan fingerprint density at radius 1 is 1.18 bits per heavy atom. The molecule has 0 atom stereocenters. The van der Waals surface area contributed by atoms with Crippen LogP contribution in [0.15, 0.2) is 22.7 Å². The Morgan fingerprint density at radius 2 is 1.82 bits per heavy atom. The van der Waals surface area contributed by atoms with Crippen molar-refractivity contribution < 1.29 is 22.8 Å². The van der Waals surface area contributed by atoms with E-state index in [0.717, 1.165) is 35.2 Å². The highest BCUT2D eigenvalue weighted by Gasteiger charge is 2.45. The molecule has 1 saturated heterocycles. The van der Waals surface area contributed by atoms with E-state index < -0.39 is 12.1 Å². The van der Waals surface area contributed by atoms with Gasteiger partial charge in [0.05, 0.1) is 0 Å². The maximum absolute atomic E-state index is 12.2. The quantitative estimate of drug-likeness (QED) is 0.747. The first kappa shape index (κ1) is 15.8. The van der Waals surface area contributed by atoms with Crippen LogP contribution in [-0.4, -0.2) is 30.3 Å². The predicted octanol–water partition coefficient (Wildman–Crippen LogP) is 3.65. The molecule has 1 aliphatic heterocycles. The molecule has 120 valence electrons. The molecule has 2 aliphatic rings. The predicted molar refractivity (Wildman–Crippen MR) is 76.9 cm³/mol. The van der Waals surface area contributed by atoms with E-state index in [0.29, 0.717) is 13.1 Å². The lowest BCUT2D eigenvalue weighted by atomic mass is 9.76. The SMILES string of the molecule is O=C(ON1CCC2(CC1)Cc1ccc(Br)cc1C2)C(F)(F)F. The molecular formula is C15H15BrF3NO2. The van der Waals surface area contributed by atoms with Gasteiger partial charge in [-0.25, -0.2) is 4.79 Å². The van der Waals surface area contributed by atoms with Gasteiger partial charge in [-0.2, -0.15) is 13.2 Å². The van der Waals surface area contributed by atoms with Gasteiger partial charge in [-0.3, -0.25) is 0 Å². The normalized spacial score (nSPS) is 20.9. The van der Waals surface area contributed by atoms with Crippen LogP contribution < -0.4 is 0 Å². The Labute approximate surface area is 134 Å². The highest BCUT2D eigenvalue weighted by molar-refractivity contribution is 9.10. The third-order valence-electron chi connectivity index (χ3n) is 4.53. The molecule has 0 aromatic heterocycles. The van der Waals surface area contributed by atoms with Crippen molar-refractivity contribution in [3.63, 3.8) is 0 Å². The van der Waals surface area contributed by atoms with Crippen LogP contribution in [0, 0.1) is 5.41 Å². The highest BCUT2D eigenvalue weighted by atomic mass is 79.9. The van der Waals surface area contributed by atoms with Crippen LogP contribution in [0.1, 0.15) is 24.0 Å². The van der Waals surface area contributed by atoms with E-state index in [2.05, 4.69) is 32.9 Å². The van der Waals surface area contributed by atoms with E-state index in [9.17, 15) is 18.0 Å². The van der Waals surface area contributed by atoms with Gasteiger partial charge in [0, 0.05) is 17.6 Å².